The lowest BCUT2D eigenvalue weighted by Gasteiger charge is -2.41. The molecule has 3 aliphatic rings. The zero-order valence-corrected chi connectivity index (χ0v) is 42.2. The summed E-state index contributed by atoms with van der Waals surface area (Å²) in [6, 6.07) is 38.6. The number of likely N-dealkylation sites (N-methyl/N-ethyl adjacent to an activating group) is 1. The predicted molar refractivity (Wildman–Crippen MR) is 276 cm³/mol. The summed E-state index contributed by atoms with van der Waals surface area (Å²) in [6.45, 7) is 16.7. The zero-order chi connectivity index (χ0) is 47.6. The first kappa shape index (κ1) is 47.2. The van der Waals surface area contributed by atoms with Gasteiger partial charge in [-0.05, 0) is 97.5 Å². The summed E-state index contributed by atoms with van der Waals surface area (Å²) >= 11 is 0. The van der Waals surface area contributed by atoms with Crippen molar-refractivity contribution >= 4 is 36.7 Å². The van der Waals surface area contributed by atoms with Gasteiger partial charge in [0.05, 0.1) is 29.4 Å². The average molecular weight is 932 g/mol. The molecule has 10 nitrogen and oxygen atoms in total. The Balaban J connectivity index is 1.15. The molecular formula is C57H69N5O5Si. The van der Waals surface area contributed by atoms with Gasteiger partial charge in [-0.1, -0.05) is 113 Å². The van der Waals surface area contributed by atoms with Crippen LogP contribution in [0.25, 0.3) is 16.6 Å². The molecule has 1 aromatic heterocycles. The van der Waals surface area contributed by atoms with Gasteiger partial charge in [0.1, 0.15) is 12.4 Å². The average Bonchev–Trinajstić information content (AvgIpc) is 3.74. The summed E-state index contributed by atoms with van der Waals surface area (Å²) < 4.78 is 21.4. The number of para-hydroxylation sites is 1. The molecule has 2 aliphatic heterocycles. The molecule has 68 heavy (non-hydrogen) atoms. The van der Waals surface area contributed by atoms with Gasteiger partial charge in [-0.15, -0.1) is 0 Å². The predicted octanol–water partition coefficient (Wildman–Crippen LogP) is 11.4. The summed E-state index contributed by atoms with van der Waals surface area (Å²) in [7, 11) is 1.73. The first-order valence-corrected chi connectivity index (χ1v) is 27.6. The third kappa shape index (κ3) is 9.98. The van der Waals surface area contributed by atoms with Gasteiger partial charge in [0.25, 0.3) is 11.8 Å². The third-order valence-corrected chi connectivity index (χ3v) is 19.4. The van der Waals surface area contributed by atoms with Crippen molar-refractivity contribution in [1.82, 2.24) is 19.3 Å². The lowest BCUT2D eigenvalue weighted by Crippen LogP contribution is -2.53. The minimum atomic E-state index is -2.08. The highest BCUT2D eigenvalue weighted by molar-refractivity contribution is 6.74. The minimum absolute atomic E-state index is 0.0445. The SMILES string of the molecule is COc1cc(-n2cc(C(=O)N(c3ccc(O[Si](C)(C)C(C)(C)C)cc3)C3CCCCC3)c3ccccc32)c(C(=O)N2Cc3ccccc3C[C@H]2CN2CCN(C)CC2)cc1OCc1ccccc1. The Morgan fingerprint density at radius 2 is 1.44 bits per heavy atom. The number of amides is 2. The Bertz CT molecular complexity index is 2720. The Kier molecular flexibility index (Phi) is 13.9. The number of benzene rings is 5. The topological polar surface area (TPSA) is 79.7 Å². The summed E-state index contributed by atoms with van der Waals surface area (Å²) in [5, 5.41) is 0.872. The van der Waals surface area contributed by atoms with E-state index in [2.05, 4.69) is 92.0 Å². The smallest absolute Gasteiger partial charge is 0.260 e. The van der Waals surface area contributed by atoms with Crippen molar-refractivity contribution in [2.24, 2.45) is 0 Å². The molecule has 1 atom stereocenters. The molecule has 5 aromatic carbocycles. The Hall–Kier alpha value is -5.88. The van der Waals surface area contributed by atoms with Crippen LogP contribution in [0.1, 0.15) is 90.3 Å². The lowest BCUT2D eigenvalue weighted by molar-refractivity contribution is 0.0535. The van der Waals surface area contributed by atoms with Gasteiger partial charge in [-0.2, -0.15) is 0 Å². The van der Waals surface area contributed by atoms with Crippen molar-refractivity contribution in [3.63, 3.8) is 0 Å². The maximum atomic E-state index is 15.8. The molecule has 11 heteroatoms. The van der Waals surface area contributed by atoms with Gasteiger partial charge in [0.15, 0.2) is 11.5 Å². The van der Waals surface area contributed by atoms with E-state index in [0.717, 1.165) is 98.3 Å². The fourth-order valence-electron chi connectivity index (χ4n) is 10.0. The van der Waals surface area contributed by atoms with E-state index >= 15 is 9.59 Å². The number of methoxy groups -OCH3 is 1. The third-order valence-electron chi connectivity index (χ3n) is 15.1. The van der Waals surface area contributed by atoms with E-state index in [0.29, 0.717) is 41.5 Å². The quantitative estimate of drug-likeness (QED) is 0.107. The number of fused-ring (bicyclic) bond motifs is 2. The van der Waals surface area contributed by atoms with Gasteiger partial charge < -0.3 is 33.2 Å². The van der Waals surface area contributed by atoms with Crippen molar-refractivity contribution in [2.45, 2.75) is 103 Å². The highest BCUT2D eigenvalue weighted by atomic mass is 28.4. The monoisotopic (exact) mass is 932 g/mol. The number of rotatable bonds is 13. The van der Waals surface area contributed by atoms with Crippen molar-refractivity contribution < 1.29 is 23.5 Å². The molecule has 0 N–H and O–H groups in total. The zero-order valence-electron chi connectivity index (χ0n) is 41.2. The van der Waals surface area contributed by atoms with Gasteiger partial charge in [-0.3, -0.25) is 14.5 Å². The van der Waals surface area contributed by atoms with E-state index in [-0.39, 0.29) is 28.9 Å². The second kappa shape index (κ2) is 20.0. The lowest BCUT2D eigenvalue weighted by atomic mass is 9.92. The maximum absolute atomic E-state index is 15.8. The van der Waals surface area contributed by atoms with Gasteiger partial charge in [0, 0.05) is 74.7 Å². The van der Waals surface area contributed by atoms with Crippen molar-refractivity contribution in [3.05, 3.63) is 149 Å². The van der Waals surface area contributed by atoms with Crippen LogP contribution >= 0.6 is 0 Å². The molecule has 0 unspecified atom stereocenters. The van der Waals surface area contributed by atoms with Crippen LogP contribution in [-0.2, 0) is 19.6 Å². The van der Waals surface area contributed by atoms with E-state index in [1.165, 1.54) is 12.0 Å². The molecule has 0 radical (unpaired) electrons. The molecule has 0 spiro atoms. The van der Waals surface area contributed by atoms with Crippen LogP contribution < -0.4 is 18.8 Å². The van der Waals surface area contributed by atoms with E-state index in [1.807, 2.05) is 94.5 Å². The number of carbonyl (C=O) groups is 2. The summed E-state index contributed by atoms with van der Waals surface area (Å²) in [4.78, 5) is 40.3. The second-order valence-electron chi connectivity index (χ2n) is 20.7. The first-order valence-electron chi connectivity index (χ1n) is 24.7. The Morgan fingerprint density at radius 1 is 0.765 bits per heavy atom. The van der Waals surface area contributed by atoms with Gasteiger partial charge in [0.2, 0.25) is 8.32 Å². The molecule has 0 bridgehead atoms. The van der Waals surface area contributed by atoms with Crippen LogP contribution in [0.2, 0.25) is 18.1 Å². The molecule has 3 heterocycles. The molecule has 6 aromatic rings. The van der Waals surface area contributed by atoms with Crippen LogP contribution in [0.15, 0.2) is 121 Å². The summed E-state index contributed by atoms with van der Waals surface area (Å²) in [5.41, 5.74) is 6.83. The molecule has 1 aliphatic carbocycles. The van der Waals surface area contributed by atoms with Crippen molar-refractivity contribution in [1.29, 1.82) is 0 Å². The van der Waals surface area contributed by atoms with Crippen LogP contribution in [-0.4, -0.2) is 98.4 Å². The number of piperazine rings is 1. The van der Waals surface area contributed by atoms with Crippen molar-refractivity contribution in [2.75, 3.05) is 51.8 Å². The number of carbonyl (C=O) groups excluding carboxylic acids is 2. The second-order valence-corrected chi connectivity index (χ2v) is 25.4. The number of nitrogens with zero attached hydrogens (tertiary/aromatic N) is 5. The first-order chi connectivity index (χ1) is 32.8. The van der Waals surface area contributed by atoms with Crippen LogP contribution in [0.5, 0.6) is 17.2 Å². The largest absolute Gasteiger partial charge is 0.544 e. The molecule has 1 saturated carbocycles. The van der Waals surface area contributed by atoms with E-state index in [1.54, 1.807) is 7.11 Å². The summed E-state index contributed by atoms with van der Waals surface area (Å²) in [5.74, 6) is 1.66. The number of aromatic nitrogens is 1. The summed E-state index contributed by atoms with van der Waals surface area (Å²) in [6.07, 6.45) is 7.89. The highest BCUT2D eigenvalue weighted by Gasteiger charge is 2.40. The standard InChI is InChI=1S/C57H69N5O5Si/c1-57(2,3)68(6,7)67-47-28-26-45(27-29-47)62(44-22-12-9-13-23-44)56(64)50-39-61(51-25-17-16-24-48(50)51)52-36-53(65-5)54(66-40-41-18-10-8-11-19-41)35-49(52)55(63)60-37-43-21-15-14-20-42(43)34-46(60)38-59-32-30-58(4)31-33-59/h8,10-11,14-21,24-29,35-36,39,44,46H,9,12-13,22-23,30-34,37-38,40H2,1-7H3/t46-/m0/s1. The highest BCUT2D eigenvalue weighted by Crippen LogP contribution is 2.41. The van der Waals surface area contributed by atoms with Crippen LogP contribution in [0, 0.1) is 0 Å². The number of ether oxygens (including phenoxy) is 2. The molecule has 356 valence electrons. The normalized spacial score (nSPS) is 17.5. The maximum Gasteiger partial charge on any atom is 0.260 e. The van der Waals surface area contributed by atoms with Crippen LogP contribution in [0.3, 0.4) is 0 Å². The Morgan fingerprint density at radius 3 is 2.15 bits per heavy atom. The van der Waals surface area contributed by atoms with Crippen LogP contribution in [0.4, 0.5) is 5.69 Å². The van der Waals surface area contributed by atoms with E-state index in [9.17, 15) is 0 Å². The number of anilines is 1. The molecular weight excluding hydrogens is 863 g/mol. The number of hydrogen-bond donors (Lipinski definition) is 0. The Labute approximate surface area is 404 Å². The minimum Gasteiger partial charge on any atom is -0.544 e. The molecule has 2 amide bonds. The molecule has 2 fully saturated rings. The van der Waals surface area contributed by atoms with Gasteiger partial charge >= 0.3 is 0 Å². The fourth-order valence-corrected chi connectivity index (χ4v) is 11.1. The molecule has 9 rings (SSSR count). The molecule has 1 saturated heterocycles. The van der Waals surface area contributed by atoms with Gasteiger partial charge in [-0.25, -0.2) is 0 Å². The number of hydrogen-bond acceptors (Lipinski definition) is 7. The van der Waals surface area contributed by atoms with Crippen molar-refractivity contribution in [3.8, 4) is 22.9 Å². The van der Waals surface area contributed by atoms with E-state index < -0.39 is 8.32 Å². The fraction of sp³-hybridized carbons (Fsp3) is 0.404. The van der Waals surface area contributed by atoms with E-state index in [4.69, 9.17) is 13.9 Å².